The van der Waals surface area contributed by atoms with Crippen LogP contribution in [-0.4, -0.2) is 54.9 Å². The number of unbranched alkanes of at least 4 members (excludes halogenated alkanes) is 7. The molecule has 2 N–H and O–H groups in total. The van der Waals surface area contributed by atoms with Crippen molar-refractivity contribution in [3.63, 3.8) is 0 Å². The van der Waals surface area contributed by atoms with Crippen molar-refractivity contribution in [1.82, 2.24) is 15.5 Å². The van der Waals surface area contributed by atoms with Crippen LogP contribution in [0.25, 0.3) is 0 Å². The van der Waals surface area contributed by atoms with E-state index < -0.39 is 0 Å². The van der Waals surface area contributed by atoms with Gasteiger partial charge in [-0.15, -0.1) is 11.3 Å². The van der Waals surface area contributed by atoms with E-state index in [1.165, 1.54) is 23.3 Å². The lowest BCUT2D eigenvalue weighted by molar-refractivity contribution is -0.134. The Kier molecular flexibility index (Phi) is 17.9. The SMILES string of the molecule is CCCNC(=O)CCCCCCCCCCC(=O)NCCC(=O)Oc1cccc2c1CCC(N(CCC)CCc1cccs1)C2. The van der Waals surface area contributed by atoms with Crippen LogP contribution in [0, 0.1) is 0 Å². The summed E-state index contributed by atoms with van der Waals surface area (Å²) in [4.78, 5) is 40.6. The van der Waals surface area contributed by atoms with Gasteiger partial charge in [0.15, 0.2) is 0 Å². The summed E-state index contributed by atoms with van der Waals surface area (Å²) in [7, 11) is 0. The van der Waals surface area contributed by atoms with Crippen molar-refractivity contribution < 1.29 is 19.1 Å². The Morgan fingerprint density at radius 1 is 0.822 bits per heavy atom. The van der Waals surface area contributed by atoms with Crippen molar-refractivity contribution in [2.45, 2.75) is 129 Å². The van der Waals surface area contributed by atoms with E-state index >= 15 is 0 Å². The van der Waals surface area contributed by atoms with Crippen LogP contribution < -0.4 is 15.4 Å². The van der Waals surface area contributed by atoms with Crippen molar-refractivity contribution in [1.29, 1.82) is 0 Å². The van der Waals surface area contributed by atoms with Crippen LogP contribution >= 0.6 is 11.3 Å². The second kappa shape index (κ2) is 21.9. The van der Waals surface area contributed by atoms with Crippen LogP contribution in [0.5, 0.6) is 5.75 Å². The second-order valence-electron chi connectivity index (χ2n) is 12.4. The van der Waals surface area contributed by atoms with Gasteiger partial charge in [-0.2, -0.15) is 0 Å². The number of thiophene rings is 1. The zero-order valence-electron chi connectivity index (χ0n) is 27.9. The number of esters is 1. The lowest BCUT2D eigenvalue weighted by Crippen LogP contribution is -2.41. The highest BCUT2D eigenvalue weighted by molar-refractivity contribution is 7.09. The van der Waals surface area contributed by atoms with Gasteiger partial charge < -0.3 is 15.4 Å². The van der Waals surface area contributed by atoms with Crippen LogP contribution in [0.15, 0.2) is 35.7 Å². The quantitative estimate of drug-likeness (QED) is 0.0752. The molecule has 0 saturated carbocycles. The van der Waals surface area contributed by atoms with Gasteiger partial charge in [0.1, 0.15) is 5.75 Å². The van der Waals surface area contributed by atoms with Crippen LogP contribution in [0.1, 0.15) is 120 Å². The number of hydrogen-bond acceptors (Lipinski definition) is 6. The molecule has 1 unspecified atom stereocenters. The van der Waals surface area contributed by atoms with Gasteiger partial charge in [0.05, 0.1) is 6.42 Å². The summed E-state index contributed by atoms with van der Waals surface area (Å²) in [5, 5.41) is 7.96. The molecule has 7 nitrogen and oxygen atoms in total. The van der Waals surface area contributed by atoms with Gasteiger partial charge in [0.2, 0.25) is 11.8 Å². The zero-order valence-corrected chi connectivity index (χ0v) is 28.7. The van der Waals surface area contributed by atoms with E-state index in [2.05, 4.69) is 53.0 Å². The van der Waals surface area contributed by atoms with Crippen LogP contribution in [0.4, 0.5) is 0 Å². The molecule has 0 saturated heterocycles. The van der Waals surface area contributed by atoms with Crippen molar-refractivity contribution in [2.75, 3.05) is 26.2 Å². The number of carbonyl (C=O) groups excluding carboxylic acids is 3. The third kappa shape index (κ3) is 14.5. The maximum atomic E-state index is 12.6. The third-order valence-corrected chi connectivity index (χ3v) is 9.61. The number of amides is 2. The lowest BCUT2D eigenvalue weighted by Gasteiger charge is -2.35. The fourth-order valence-electron chi connectivity index (χ4n) is 6.18. The van der Waals surface area contributed by atoms with Crippen molar-refractivity contribution in [3.8, 4) is 5.75 Å². The first-order valence-corrected chi connectivity index (χ1v) is 18.5. The van der Waals surface area contributed by atoms with Gasteiger partial charge in [0.25, 0.3) is 0 Å². The Morgan fingerprint density at radius 3 is 2.16 bits per heavy atom. The fourth-order valence-corrected chi connectivity index (χ4v) is 6.88. The molecule has 1 aliphatic rings. The normalized spacial score (nSPS) is 14.2. The molecule has 250 valence electrons. The number of carbonyl (C=O) groups is 3. The summed E-state index contributed by atoms with van der Waals surface area (Å²) in [6.45, 7) is 7.58. The smallest absolute Gasteiger partial charge is 0.312 e. The number of hydrogen-bond donors (Lipinski definition) is 2. The average molecular weight is 640 g/mol. The summed E-state index contributed by atoms with van der Waals surface area (Å²) in [6, 6.07) is 11.0. The van der Waals surface area contributed by atoms with E-state index in [4.69, 9.17) is 4.74 Å². The molecule has 1 heterocycles. The maximum absolute atomic E-state index is 12.6. The molecule has 1 aromatic heterocycles. The summed E-state index contributed by atoms with van der Waals surface area (Å²) >= 11 is 1.84. The van der Waals surface area contributed by atoms with Crippen molar-refractivity contribution >= 4 is 29.1 Å². The monoisotopic (exact) mass is 639 g/mol. The molecule has 2 amide bonds. The molecule has 0 fully saturated rings. The Hall–Kier alpha value is -2.71. The van der Waals surface area contributed by atoms with Gasteiger partial charge in [-0.25, -0.2) is 0 Å². The van der Waals surface area contributed by atoms with Gasteiger partial charge in [-0.1, -0.05) is 70.6 Å². The molecule has 0 radical (unpaired) electrons. The molecular weight excluding hydrogens is 582 g/mol. The topological polar surface area (TPSA) is 87.7 Å². The van der Waals surface area contributed by atoms with Crippen molar-refractivity contribution in [2.24, 2.45) is 0 Å². The summed E-state index contributed by atoms with van der Waals surface area (Å²) in [5.74, 6) is 0.560. The molecule has 2 aromatic rings. The Morgan fingerprint density at radius 2 is 1.51 bits per heavy atom. The molecule has 1 aromatic carbocycles. The molecule has 3 rings (SSSR count). The average Bonchev–Trinajstić information content (AvgIpc) is 3.56. The summed E-state index contributed by atoms with van der Waals surface area (Å²) in [6.07, 6.45) is 16.1. The van der Waals surface area contributed by atoms with E-state index in [1.807, 2.05) is 23.5 Å². The minimum absolute atomic E-state index is 0.00277. The molecule has 1 aliphatic carbocycles. The van der Waals surface area contributed by atoms with E-state index in [9.17, 15) is 14.4 Å². The first-order valence-electron chi connectivity index (χ1n) is 17.6. The number of nitrogens with zero attached hydrogens (tertiary/aromatic N) is 1. The minimum Gasteiger partial charge on any atom is -0.426 e. The molecular formula is C37H57N3O4S. The van der Waals surface area contributed by atoms with E-state index in [-0.39, 0.29) is 24.2 Å². The predicted molar refractivity (Wildman–Crippen MR) is 185 cm³/mol. The molecule has 45 heavy (non-hydrogen) atoms. The molecule has 0 bridgehead atoms. The van der Waals surface area contributed by atoms with Crippen LogP contribution in [0.3, 0.4) is 0 Å². The Balaban J connectivity index is 1.26. The van der Waals surface area contributed by atoms with E-state index in [0.717, 1.165) is 102 Å². The third-order valence-electron chi connectivity index (χ3n) is 8.67. The number of fused-ring (bicyclic) bond motifs is 1. The highest BCUT2D eigenvalue weighted by atomic mass is 32.1. The minimum atomic E-state index is -0.295. The Bertz CT molecular complexity index is 1140. The van der Waals surface area contributed by atoms with Crippen LogP contribution in [0.2, 0.25) is 0 Å². The summed E-state index contributed by atoms with van der Waals surface area (Å²) in [5.41, 5.74) is 2.45. The molecule has 0 aliphatic heterocycles. The largest absolute Gasteiger partial charge is 0.426 e. The second-order valence-corrected chi connectivity index (χ2v) is 13.4. The fraction of sp³-hybridized carbons (Fsp3) is 0.649. The highest BCUT2D eigenvalue weighted by Gasteiger charge is 2.26. The van der Waals surface area contributed by atoms with Gasteiger partial charge >= 0.3 is 5.97 Å². The van der Waals surface area contributed by atoms with Gasteiger partial charge in [-0.05, 0) is 86.6 Å². The standard InChI is InChI=1S/C37H57N3O4S/c1-3-24-38-35(41)18-11-9-7-5-6-8-10-12-19-36(42)39-25-22-37(43)44-34-17-13-15-30-29-31(20-21-33(30)34)40(26-4-2)27-23-32-16-14-28-45-32/h13-17,28,31H,3-12,18-27,29H2,1-2H3,(H,38,41)(H,39,42). The number of rotatable bonds is 23. The van der Waals surface area contributed by atoms with Crippen molar-refractivity contribution in [3.05, 3.63) is 51.7 Å². The predicted octanol–water partition coefficient (Wildman–Crippen LogP) is 7.40. The molecule has 0 spiro atoms. The van der Waals surface area contributed by atoms with Gasteiger partial charge in [0, 0.05) is 43.4 Å². The first-order chi connectivity index (χ1) is 22.0. The zero-order chi connectivity index (χ0) is 32.1. The lowest BCUT2D eigenvalue weighted by atomic mass is 9.86. The van der Waals surface area contributed by atoms with Gasteiger partial charge in [-0.3, -0.25) is 19.3 Å². The maximum Gasteiger partial charge on any atom is 0.312 e. The Labute approximate surface area is 275 Å². The highest BCUT2D eigenvalue weighted by Crippen LogP contribution is 2.32. The number of ether oxygens (including phenoxy) is 1. The van der Waals surface area contributed by atoms with E-state index in [1.54, 1.807) is 0 Å². The molecule has 8 heteroatoms. The first kappa shape index (κ1) is 36.8. The molecule has 1 atom stereocenters. The summed E-state index contributed by atoms with van der Waals surface area (Å²) < 4.78 is 5.80. The number of nitrogens with one attached hydrogen (secondary N) is 2. The number of benzene rings is 1. The van der Waals surface area contributed by atoms with Crippen LogP contribution in [-0.2, 0) is 33.6 Å². The van der Waals surface area contributed by atoms with E-state index in [0.29, 0.717) is 31.2 Å².